The summed E-state index contributed by atoms with van der Waals surface area (Å²) in [4.78, 5) is 23.8. The lowest BCUT2D eigenvalue weighted by atomic mass is 10.1. The molecule has 0 radical (unpaired) electrons. The smallest absolute Gasteiger partial charge is 0.328 e. The van der Waals surface area contributed by atoms with Crippen molar-refractivity contribution in [1.82, 2.24) is 5.32 Å². The van der Waals surface area contributed by atoms with Gasteiger partial charge in [0.1, 0.15) is 6.04 Å². The second-order valence-corrected chi connectivity index (χ2v) is 7.07. The number of methoxy groups -OCH3 is 1. The molecule has 0 aromatic rings. The van der Waals surface area contributed by atoms with E-state index in [1.807, 2.05) is 0 Å². The van der Waals surface area contributed by atoms with E-state index in [2.05, 4.69) is 19.2 Å². The van der Waals surface area contributed by atoms with Crippen molar-refractivity contribution in [2.24, 2.45) is 0 Å². The van der Waals surface area contributed by atoms with Crippen molar-refractivity contribution >= 4 is 11.9 Å². The second kappa shape index (κ2) is 17.8. The molecule has 1 atom stereocenters. The largest absolute Gasteiger partial charge is 0.467 e. The van der Waals surface area contributed by atoms with Gasteiger partial charge < -0.3 is 10.1 Å². The van der Waals surface area contributed by atoms with Gasteiger partial charge in [-0.05, 0) is 12.8 Å². The van der Waals surface area contributed by atoms with Crippen LogP contribution in [0, 0.1) is 0 Å². The Balaban J connectivity index is 3.77. The maximum absolute atomic E-state index is 12.1. The Morgan fingerprint density at radius 3 is 1.76 bits per heavy atom. The summed E-state index contributed by atoms with van der Waals surface area (Å²) in [5.74, 6) is -0.342. The molecule has 148 valence electrons. The Bertz CT molecular complexity index is 331. The van der Waals surface area contributed by atoms with Gasteiger partial charge in [0.2, 0.25) is 5.91 Å². The zero-order valence-electron chi connectivity index (χ0n) is 16.9. The number of carbonyl (C=O) groups excluding carboxylic acids is 2. The summed E-state index contributed by atoms with van der Waals surface area (Å²) in [6.07, 6.45) is 16.7. The quantitative estimate of drug-likeness (QED) is 0.275. The number of rotatable bonds is 17. The molecule has 0 heterocycles. The molecule has 0 rings (SSSR count). The molecule has 0 aromatic carbocycles. The zero-order valence-corrected chi connectivity index (χ0v) is 16.9. The van der Waals surface area contributed by atoms with Crippen molar-refractivity contribution in [2.45, 2.75) is 116 Å². The summed E-state index contributed by atoms with van der Waals surface area (Å²) in [5.41, 5.74) is 0. The maximum atomic E-state index is 12.1. The van der Waals surface area contributed by atoms with E-state index in [0.29, 0.717) is 12.8 Å². The second-order valence-electron chi connectivity index (χ2n) is 7.07. The van der Waals surface area contributed by atoms with Crippen LogP contribution in [-0.2, 0) is 14.3 Å². The fourth-order valence-electron chi connectivity index (χ4n) is 3.03. The summed E-state index contributed by atoms with van der Waals surface area (Å²) in [6, 6.07) is -0.479. The maximum Gasteiger partial charge on any atom is 0.328 e. The van der Waals surface area contributed by atoms with E-state index < -0.39 is 6.04 Å². The highest BCUT2D eigenvalue weighted by Gasteiger charge is 2.20. The third-order valence-corrected chi connectivity index (χ3v) is 4.67. The summed E-state index contributed by atoms with van der Waals surface area (Å²) in [5, 5.41) is 2.86. The van der Waals surface area contributed by atoms with Gasteiger partial charge in [-0.25, -0.2) is 4.79 Å². The molecular formula is C21H41NO3. The van der Waals surface area contributed by atoms with Crippen molar-refractivity contribution in [3.63, 3.8) is 0 Å². The minimum Gasteiger partial charge on any atom is -0.467 e. The molecule has 1 N–H and O–H groups in total. The highest BCUT2D eigenvalue weighted by Crippen LogP contribution is 2.11. The van der Waals surface area contributed by atoms with E-state index >= 15 is 0 Å². The van der Waals surface area contributed by atoms with Gasteiger partial charge in [-0.2, -0.15) is 0 Å². The fraction of sp³-hybridized carbons (Fsp3) is 0.905. The Labute approximate surface area is 155 Å². The molecule has 4 nitrogen and oxygen atoms in total. The van der Waals surface area contributed by atoms with E-state index in [1.165, 1.54) is 58.5 Å². The Kier molecular flexibility index (Phi) is 17.0. The van der Waals surface area contributed by atoms with E-state index in [4.69, 9.17) is 4.74 Å². The van der Waals surface area contributed by atoms with Crippen LogP contribution in [0.15, 0.2) is 0 Å². The lowest BCUT2D eigenvalue weighted by Gasteiger charge is -2.16. The van der Waals surface area contributed by atoms with Crippen LogP contribution in [0.4, 0.5) is 0 Å². The van der Waals surface area contributed by atoms with Gasteiger partial charge in [0.15, 0.2) is 0 Å². The van der Waals surface area contributed by atoms with E-state index in [-0.39, 0.29) is 11.9 Å². The van der Waals surface area contributed by atoms with Gasteiger partial charge in [0, 0.05) is 6.42 Å². The average Bonchev–Trinajstić information content (AvgIpc) is 2.62. The number of nitrogens with one attached hydrogen (secondary N) is 1. The molecule has 0 aliphatic rings. The van der Waals surface area contributed by atoms with E-state index in [9.17, 15) is 9.59 Å². The first-order valence-electron chi connectivity index (χ1n) is 10.5. The number of carbonyl (C=O) groups is 2. The molecule has 1 amide bonds. The molecule has 1 unspecified atom stereocenters. The highest BCUT2D eigenvalue weighted by molar-refractivity contribution is 5.84. The van der Waals surface area contributed by atoms with Crippen molar-refractivity contribution in [3.05, 3.63) is 0 Å². The highest BCUT2D eigenvalue weighted by atomic mass is 16.5. The SMILES string of the molecule is CCCCCCCCCCCC(=O)NC(CCCCCC)C(=O)OC. The monoisotopic (exact) mass is 355 g/mol. The van der Waals surface area contributed by atoms with Crippen molar-refractivity contribution < 1.29 is 14.3 Å². The fourth-order valence-corrected chi connectivity index (χ4v) is 3.03. The van der Waals surface area contributed by atoms with Gasteiger partial charge in [0.25, 0.3) is 0 Å². The Morgan fingerprint density at radius 1 is 0.760 bits per heavy atom. The standard InChI is InChI=1S/C21H41NO3/c1-4-6-8-10-11-12-13-14-16-18-20(23)22-19(21(24)25-3)17-15-9-7-5-2/h19H,4-18H2,1-3H3,(H,22,23). The first-order valence-corrected chi connectivity index (χ1v) is 10.5. The van der Waals surface area contributed by atoms with Crippen LogP contribution in [0.1, 0.15) is 110 Å². The minimum atomic E-state index is -0.479. The third-order valence-electron chi connectivity index (χ3n) is 4.67. The molecular weight excluding hydrogens is 314 g/mol. The van der Waals surface area contributed by atoms with Crippen LogP contribution < -0.4 is 5.32 Å². The van der Waals surface area contributed by atoms with Crippen molar-refractivity contribution in [1.29, 1.82) is 0 Å². The predicted molar refractivity (Wildman–Crippen MR) is 105 cm³/mol. The normalized spacial score (nSPS) is 12.0. The summed E-state index contributed by atoms with van der Waals surface area (Å²) in [6.45, 7) is 4.39. The van der Waals surface area contributed by atoms with Crippen LogP contribution in [0.25, 0.3) is 0 Å². The lowest BCUT2D eigenvalue weighted by molar-refractivity contribution is -0.145. The number of hydrogen-bond acceptors (Lipinski definition) is 3. The molecule has 4 heteroatoms. The molecule has 0 aliphatic heterocycles. The molecule has 25 heavy (non-hydrogen) atoms. The third kappa shape index (κ3) is 14.9. The lowest BCUT2D eigenvalue weighted by Crippen LogP contribution is -2.41. The van der Waals surface area contributed by atoms with Crippen LogP contribution in [0.5, 0.6) is 0 Å². The number of hydrogen-bond donors (Lipinski definition) is 1. The molecule has 0 aliphatic carbocycles. The first-order chi connectivity index (χ1) is 12.2. The van der Waals surface area contributed by atoms with Gasteiger partial charge >= 0.3 is 5.97 Å². The molecule has 0 spiro atoms. The van der Waals surface area contributed by atoms with Crippen molar-refractivity contribution in [3.8, 4) is 0 Å². The van der Waals surface area contributed by atoms with Crippen LogP contribution >= 0.6 is 0 Å². The van der Waals surface area contributed by atoms with Crippen LogP contribution in [0.2, 0.25) is 0 Å². The van der Waals surface area contributed by atoms with E-state index in [0.717, 1.165) is 32.1 Å². The summed E-state index contributed by atoms with van der Waals surface area (Å²) in [7, 11) is 1.38. The molecule has 0 fully saturated rings. The number of esters is 1. The molecule has 0 bridgehead atoms. The van der Waals surface area contributed by atoms with Gasteiger partial charge in [-0.1, -0.05) is 90.9 Å². The van der Waals surface area contributed by atoms with Crippen LogP contribution in [-0.4, -0.2) is 25.0 Å². The van der Waals surface area contributed by atoms with Gasteiger partial charge in [-0.3, -0.25) is 4.79 Å². The minimum absolute atomic E-state index is 0.0196. The van der Waals surface area contributed by atoms with Gasteiger partial charge in [-0.15, -0.1) is 0 Å². The summed E-state index contributed by atoms with van der Waals surface area (Å²) < 4.78 is 4.81. The number of ether oxygens (including phenoxy) is 1. The van der Waals surface area contributed by atoms with E-state index in [1.54, 1.807) is 0 Å². The summed E-state index contributed by atoms with van der Waals surface area (Å²) >= 11 is 0. The van der Waals surface area contributed by atoms with Gasteiger partial charge in [0.05, 0.1) is 7.11 Å². The molecule has 0 saturated carbocycles. The average molecular weight is 356 g/mol. The topological polar surface area (TPSA) is 55.4 Å². The Morgan fingerprint density at radius 2 is 1.24 bits per heavy atom. The number of unbranched alkanes of at least 4 members (excludes halogenated alkanes) is 11. The zero-order chi connectivity index (χ0) is 18.8. The van der Waals surface area contributed by atoms with Crippen LogP contribution in [0.3, 0.4) is 0 Å². The Hall–Kier alpha value is -1.06. The predicted octanol–water partition coefficient (Wildman–Crippen LogP) is 5.54. The molecule has 0 aromatic heterocycles. The first kappa shape index (κ1) is 23.9. The number of amides is 1. The molecule has 0 saturated heterocycles. The van der Waals surface area contributed by atoms with Crippen molar-refractivity contribution in [2.75, 3.05) is 7.11 Å².